The lowest BCUT2D eigenvalue weighted by atomic mass is 9.86. The van der Waals surface area contributed by atoms with Crippen LogP contribution in [0.1, 0.15) is 31.7 Å². The lowest BCUT2D eigenvalue weighted by Crippen LogP contribution is -2.24. The number of carbonyl (C=O) groups is 1. The highest BCUT2D eigenvalue weighted by atomic mass is 35.5. The zero-order valence-electron chi connectivity index (χ0n) is 10.2. The maximum atomic E-state index is 10.9. The number of halogens is 1. The van der Waals surface area contributed by atoms with E-state index in [1.54, 1.807) is 12.4 Å². The first kappa shape index (κ1) is 12.3. The van der Waals surface area contributed by atoms with Crippen molar-refractivity contribution in [3.63, 3.8) is 0 Å². The Hall–Kier alpha value is -1.69. The fourth-order valence-corrected chi connectivity index (χ4v) is 2.78. The van der Waals surface area contributed by atoms with Crippen LogP contribution in [-0.2, 0) is 4.79 Å². The number of fused-ring (bicyclic) bond motifs is 1. The summed E-state index contributed by atoms with van der Waals surface area (Å²) in [5.74, 6) is -0.926. The Labute approximate surface area is 114 Å². The molecule has 1 aliphatic carbocycles. The SMILES string of the molecule is O=C(O)[C@H]1CC[C@H](n2ncc3cnc(Cl)nc32)CC1. The first-order valence-electron chi connectivity index (χ1n) is 6.23. The topological polar surface area (TPSA) is 80.9 Å². The van der Waals surface area contributed by atoms with Crippen molar-refractivity contribution in [2.24, 2.45) is 5.92 Å². The predicted molar refractivity (Wildman–Crippen MR) is 69.0 cm³/mol. The van der Waals surface area contributed by atoms with Gasteiger partial charge < -0.3 is 5.11 Å². The van der Waals surface area contributed by atoms with Crippen molar-refractivity contribution in [3.8, 4) is 0 Å². The molecule has 3 rings (SSSR count). The minimum Gasteiger partial charge on any atom is -0.481 e. The molecule has 2 heterocycles. The van der Waals surface area contributed by atoms with E-state index in [9.17, 15) is 4.79 Å². The molecule has 6 nitrogen and oxygen atoms in total. The number of hydrogen-bond donors (Lipinski definition) is 1. The van der Waals surface area contributed by atoms with Gasteiger partial charge in [-0.3, -0.25) is 4.79 Å². The van der Waals surface area contributed by atoms with E-state index >= 15 is 0 Å². The monoisotopic (exact) mass is 280 g/mol. The van der Waals surface area contributed by atoms with Crippen LogP contribution in [0, 0.1) is 5.92 Å². The van der Waals surface area contributed by atoms with Gasteiger partial charge in [-0.1, -0.05) is 0 Å². The molecule has 0 spiro atoms. The van der Waals surface area contributed by atoms with Crippen LogP contribution in [0.25, 0.3) is 11.0 Å². The van der Waals surface area contributed by atoms with E-state index in [4.69, 9.17) is 16.7 Å². The summed E-state index contributed by atoms with van der Waals surface area (Å²) in [6.45, 7) is 0. The molecule has 1 fully saturated rings. The van der Waals surface area contributed by atoms with Crippen molar-refractivity contribution in [2.45, 2.75) is 31.7 Å². The van der Waals surface area contributed by atoms with Crippen LogP contribution in [0.4, 0.5) is 0 Å². The van der Waals surface area contributed by atoms with E-state index in [-0.39, 0.29) is 17.2 Å². The molecule has 1 saturated carbocycles. The van der Waals surface area contributed by atoms with Gasteiger partial charge in [0.25, 0.3) is 0 Å². The van der Waals surface area contributed by atoms with Crippen molar-refractivity contribution >= 4 is 28.6 Å². The number of carboxylic acids is 1. The minimum atomic E-state index is -0.700. The molecule has 1 N–H and O–H groups in total. The number of aliphatic carboxylic acids is 1. The van der Waals surface area contributed by atoms with Gasteiger partial charge in [0.05, 0.1) is 23.5 Å². The summed E-state index contributed by atoms with van der Waals surface area (Å²) in [5, 5.41) is 14.4. The number of hydrogen-bond acceptors (Lipinski definition) is 4. The maximum Gasteiger partial charge on any atom is 0.306 e. The summed E-state index contributed by atoms with van der Waals surface area (Å²) in [4.78, 5) is 19.1. The van der Waals surface area contributed by atoms with E-state index < -0.39 is 5.97 Å². The van der Waals surface area contributed by atoms with E-state index in [0.29, 0.717) is 12.8 Å². The number of nitrogens with zero attached hydrogens (tertiary/aromatic N) is 4. The highest BCUT2D eigenvalue weighted by Crippen LogP contribution is 2.33. The quantitative estimate of drug-likeness (QED) is 0.854. The van der Waals surface area contributed by atoms with E-state index in [1.807, 2.05) is 4.68 Å². The molecule has 7 heteroatoms. The van der Waals surface area contributed by atoms with Gasteiger partial charge >= 0.3 is 5.97 Å². The summed E-state index contributed by atoms with van der Waals surface area (Å²) in [7, 11) is 0. The smallest absolute Gasteiger partial charge is 0.306 e. The molecule has 0 aromatic carbocycles. The Morgan fingerprint density at radius 3 is 2.74 bits per heavy atom. The molecule has 2 aromatic heterocycles. The fourth-order valence-electron chi connectivity index (χ4n) is 2.65. The van der Waals surface area contributed by atoms with E-state index in [1.165, 1.54) is 0 Å². The molecule has 19 heavy (non-hydrogen) atoms. The molecular weight excluding hydrogens is 268 g/mol. The van der Waals surface area contributed by atoms with Crippen molar-refractivity contribution < 1.29 is 9.90 Å². The third-order valence-corrected chi connectivity index (χ3v) is 3.88. The molecule has 2 aromatic rings. The van der Waals surface area contributed by atoms with Crippen LogP contribution in [0.5, 0.6) is 0 Å². The summed E-state index contributed by atoms with van der Waals surface area (Å²) >= 11 is 5.81. The molecule has 0 radical (unpaired) electrons. The van der Waals surface area contributed by atoms with Crippen LogP contribution in [0.2, 0.25) is 5.28 Å². The Kier molecular flexibility index (Phi) is 3.10. The van der Waals surface area contributed by atoms with Gasteiger partial charge in [-0.25, -0.2) is 9.67 Å². The van der Waals surface area contributed by atoms with Gasteiger partial charge in [-0.2, -0.15) is 10.1 Å². The Bertz CT molecular complexity index is 619. The maximum absolute atomic E-state index is 10.9. The standard InChI is InChI=1S/C12H13ClN4O2/c13-12-14-5-8-6-15-17(10(8)16-12)9-3-1-7(2-4-9)11(18)19/h5-7,9H,1-4H2,(H,18,19)/t7-,9-. The second kappa shape index (κ2) is 4.77. The van der Waals surface area contributed by atoms with Gasteiger partial charge in [0.1, 0.15) is 0 Å². The first-order valence-corrected chi connectivity index (χ1v) is 6.61. The third kappa shape index (κ3) is 2.28. The second-order valence-corrected chi connectivity index (χ2v) is 5.19. The average molecular weight is 281 g/mol. The van der Waals surface area contributed by atoms with Crippen LogP contribution in [-0.4, -0.2) is 30.8 Å². The van der Waals surface area contributed by atoms with Crippen LogP contribution >= 0.6 is 11.6 Å². The van der Waals surface area contributed by atoms with Crippen LogP contribution in [0.3, 0.4) is 0 Å². The summed E-state index contributed by atoms with van der Waals surface area (Å²) in [6, 6.07) is 0.194. The third-order valence-electron chi connectivity index (χ3n) is 3.70. The summed E-state index contributed by atoms with van der Waals surface area (Å²) < 4.78 is 1.85. The van der Waals surface area contributed by atoms with Crippen LogP contribution in [0.15, 0.2) is 12.4 Å². The van der Waals surface area contributed by atoms with Gasteiger partial charge in [-0.15, -0.1) is 0 Å². The van der Waals surface area contributed by atoms with Gasteiger partial charge in [0.15, 0.2) is 5.65 Å². The highest BCUT2D eigenvalue weighted by Gasteiger charge is 2.28. The van der Waals surface area contributed by atoms with Gasteiger partial charge in [0, 0.05) is 6.20 Å². The van der Waals surface area contributed by atoms with Crippen molar-refractivity contribution in [1.29, 1.82) is 0 Å². The molecule has 0 aliphatic heterocycles. The minimum absolute atomic E-state index is 0.194. The Balaban J connectivity index is 1.85. The molecule has 0 amide bonds. The zero-order valence-corrected chi connectivity index (χ0v) is 10.9. The zero-order chi connectivity index (χ0) is 13.4. The highest BCUT2D eigenvalue weighted by molar-refractivity contribution is 6.28. The molecule has 0 atom stereocenters. The predicted octanol–water partition coefficient (Wildman–Crippen LogP) is 2.30. The second-order valence-electron chi connectivity index (χ2n) is 4.85. The Morgan fingerprint density at radius 2 is 2.05 bits per heavy atom. The largest absolute Gasteiger partial charge is 0.481 e. The van der Waals surface area contributed by atoms with Gasteiger partial charge in [-0.05, 0) is 37.3 Å². The number of aromatic nitrogens is 4. The molecule has 0 saturated heterocycles. The normalized spacial score (nSPS) is 23.6. The van der Waals surface area contributed by atoms with E-state index in [0.717, 1.165) is 23.9 Å². The van der Waals surface area contributed by atoms with Crippen LogP contribution < -0.4 is 0 Å². The molecule has 0 bridgehead atoms. The first-order chi connectivity index (χ1) is 9.15. The number of rotatable bonds is 2. The molecule has 0 unspecified atom stereocenters. The molecule has 1 aliphatic rings. The summed E-state index contributed by atoms with van der Waals surface area (Å²) in [6.07, 6.45) is 6.33. The number of carboxylic acid groups (broad SMARTS) is 1. The lowest BCUT2D eigenvalue weighted by molar-refractivity contribution is -0.143. The Morgan fingerprint density at radius 1 is 1.32 bits per heavy atom. The van der Waals surface area contributed by atoms with Crippen molar-refractivity contribution in [2.75, 3.05) is 0 Å². The van der Waals surface area contributed by atoms with Crippen molar-refractivity contribution in [3.05, 3.63) is 17.7 Å². The fraction of sp³-hybridized carbons (Fsp3) is 0.500. The van der Waals surface area contributed by atoms with Crippen molar-refractivity contribution in [1.82, 2.24) is 19.7 Å². The summed E-state index contributed by atoms with van der Waals surface area (Å²) in [5.41, 5.74) is 0.721. The average Bonchev–Trinajstić information content (AvgIpc) is 2.81. The van der Waals surface area contributed by atoms with E-state index in [2.05, 4.69) is 15.1 Å². The molecular formula is C12H13ClN4O2. The molecule has 100 valence electrons. The van der Waals surface area contributed by atoms with Gasteiger partial charge in [0.2, 0.25) is 5.28 Å². The lowest BCUT2D eigenvalue weighted by Gasteiger charge is -2.26.